The maximum atomic E-state index is 10.6. The van der Waals surface area contributed by atoms with Crippen LogP contribution in [-0.2, 0) is 4.79 Å². The van der Waals surface area contributed by atoms with Crippen molar-refractivity contribution >= 4 is 5.97 Å². The van der Waals surface area contributed by atoms with E-state index in [1.807, 2.05) is 30.3 Å². The molecule has 1 aromatic heterocycles. The van der Waals surface area contributed by atoms with Crippen LogP contribution in [0.5, 0.6) is 5.88 Å². The van der Waals surface area contributed by atoms with Crippen LogP contribution in [0.15, 0.2) is 42.6 Å². The second kappa shape index (κ2) is 4.69. The zero-order valence-corrected chi connectivity index (χ0v) is 9.28. The third kappa shape index (κ3) is 2.63. The number of hydrogen-bond acceptors (Lipinski definition) is 3. The normalized spacial score (nSPS) is 12.1. The molecule has 0 aliphatic heterocycles. The highest BCUT2D eigenvalue weighted by Gasteiger charge is 2.13. The van der Waals surface area contributed by atoms with Gasteiger partial charge in [0.25, 0.3) is 0 Å². The predicted octanol–water partition coefficient (Wildman–Crippen LogP) is 1.72. The minimum absolute atomic E-state index is 0.295. The molecule has 0 unspecified atom stereocenters. The van der Waals surface area contributed by atoms with E-state index in [-0.39, 0.29) is 0 Å². The van der Waals surface area contributed by atoms with Gasteiger partial charge in [-0.2, -0.15) is 0 Å². The molecular weight excluding hydrogens is 220 g/mol. The smallest absolute Gasteiger partial charge is 0.344 e. The molecular formula is C12H12N2O3. The Morgan fingerprint density at radius 3 is 2.71 bits per heavy atom. The van der Waals surface area contributed by atoms with Crippen LogP contribution < -0.4 is 4.74 Å². The molecule has 1 N–H and O–H groups in total. The SMILES string of the molecule is C[C@@H](Oc1ccn(-c2ccccc2)n1)C(=O)O. The first-order chi connectivity index (χ1) is 8.16. The Balaban J connectivity index is 2.14. The average molecular weight is 232 g/mol. The van der Waals surface area contributed by atoms with E-state index in [0.29, 0.717) is 5.88 Å². The van der Waals surface area contributed by atoms with Crippen molar-refractivity contribution in [3.63, 3.8) is 0 Å². The summed E-state index contributed by atoms with van der Waals surface area (Å²) in [6.45, 7) is 1.46. The maximum absolute atomic E-state index is 10.6. The molecule has 0 aliphatic carbocycles. The average Bonchev–Trinajstić information content (AvgIpc) is 2.78. The summed E-state index contributed by atoms with van der Waals surface area (Å²) in [5, 5.41) is 12.8. The third-order valence-electron chi connectivity index (χ3n) is 2.23. The van der Waals surface area contributed by atoms with Gasteiger partial charge in [-0.25, -0.2) is 9.48 Å². The van der Waals surface area contributed by atoms with E-state index in [2.05, 4.69) is 5.10 Å². The largest absolute Gasteiger partial charge is 0.479 e. The fourth-order valence-electron chi connectivity index (χ4n) is 1.33. The molecule has 1 atom stereocenters. The standard InChI is InChI=1S/C12H12N2O3/c1-9(12(15)16)17-11-7-8-14(13-11)10-5-3-2-4-6-10/h2-9H,1H3,(H,15,16)/t9-/m1/s1. The lowest BCUT2D eigenvalue weighted by Crippen LogP contribution is -2.23. The Labute approximate surface area is 98.3 Å². The number of carboxylic acids is 1. The first kappa shape index (κ1) is 11.2. The highest BCUT2D eigenvalue weighted by molar-refractivity contribution is 5.72. The van der Waals surface area contributed by atoms with Crippen molar-refractivity contribution in [1.29, 1.82) is 0 Å². The van der Waals surface area contributed by atoms with Crippen molar-refractivity contribution in [3.05, 3.63) is 42.6 Å². The summed E-state index contributed by atoms with van der Waals surface area (Å²) in [4.78, 5) is 10.6. The number of para-hydroxylation sites is 1. The maximum Gasteiger partial charge on any atom is 0.344 e. The van der Waals surface area contributed by atoms with Crippen LogP contribution in [0.3, 0.4) is 0 Å². The van der Waals surface area contributed by atoms with E-state index in [0.717, 1.165) is 5.69 Å². The molecule has 0 saturated heterocycles. The number of nitrogens with zero attached hydrogens (tertiary/aromatic N) is 2. The van der Waals surface area contributed by atoms with E-state index in [4.69, 9.17) is 9.84 Å². The molecule has 2 rings (SSSR count). The lowest BCUT2D eigenvalue weighted by Gasteiger charge is -2.06. The highest BCUT2D eigenvalue weighted by atomic mass is 16.5. The Hall–Kier alpha value is -2.30. The topological polar surface area (TPSA) is 64.4 Å². The van der Waals surface area contributed by atoms with Crippen LogP contribution >= 0.6 is 0 Å². The summed E-state index contributed by atoms with van der Waals surface area (Å²) in [6, 6.07) is 11.1. The zero-order valence-electron chi connectivity index (χ0n) is 9.28. The van der Waals surface area contributed by atoms with Crippen molar-refractivity contribution in [3.8, 4) is 11.6 Å². The molecule has 0 radical (unpaired) electrons. The molecule has 88 valence electrons. The summed E-state index contributed by atoms with van der Waals surface area (Å²) in [7, 11) is 0. The second-order valence-electron chi connectivity index (χ2n) is 3.53. The van der Waals surface area contributed by atoms with Crippen LogP contribution in [0.25, 0.3) is 5.69 Å². The molecule has 0 fully saturated rings. The monoisotopic (exact) mass is 232 g/mol. The van der Waals surface area contributed by atoms with Gasteiger partial charge in [0.1, 0.15) is 0 Å². The molecule has 1 heterocycles. The Morgan fingerprint density at radius 1 is 1.35 bits per heavy atom. The first-order valence-electron chi connectivity index (χ1n) is 5.17. The van der Waals surface area contributed by atoms with Crippen LogP contribution in [0.4, 0.5) is 0 Å². The Bertz CT molecular complexity index is 507. The number of hydrogen-bond donors (Lipinski definition) is 1. The summed E-state index contributed by atoms with van der Waals surface area (Å²) in [5.41, 5.74) is 0.894. The minimum Gasteiger partial charge on any atom is -0.479 e. The van der Waals surface area contributed by atoms with Gasteiger partial charge in [-0.15, -0.1) is 5.10 Å². The minimum atomic E-state index is -1.01. The lowest BCUT2D eigenvalue weighted by molar-refractivity contribution is -0.144. The molecule has 5 nitrogen and oxygen atoms in total. The van der Waals surface area contributed by atoms with E-state index in [1.165, 1.54) is 6.92 Å². The molecule has 5 heteroatoms. The van der Waals surface area contributed by atoms with Crippen LogP contribution in [-0.4, -0.2) is 27.0 Å². The van der Waals surface area contributed by atoms with E-state index in [1.54, 1.807) is 16.9 Å². The molecule has 0 spiro atoms. The quantitative estimate of drug-likeness (QED) is 0.871. The van der Waals surface area contributed by atoms with Crippen molar-refractivity contribution in [2.24, 2.45) is 0 Å². The summed E-state index contributed by atoms with van der Waals surface area (Å²) >= 11 is 0. The molecule has 0 bridgehead atoms. The van der Waals surface area contributed by atoms with E-state index < -0.39 is 12.1 Å². The van der Waals surface area contributed by atoms with Gasteiger partial charge < -0.3 is 9.84 Å². The number of aliphatic carboxylic acids is 1. The van der Waals surface area contributed by atoms with E-state index >= 15 is 0 Å². The Kier molecular flexibility index (Phi) is 3.09. The number of ether oxygens (including phenoxy) is 1. The van der Waals surface area contributed by atoms with Crippen LogP contribution in [0, 0.1) is 0 Å². The predicted molar refractivity (Wildman–Crippen MR) is 61.3 cm³/mol. The second-order valence-corrected chi connectivity index (χ2v) is 3.53. The number of carboxylic acid groups (broad SMARTS) is 1. The third-order valence-corrected chi connectivity index (χ3v) is 2.23. The number of aromatic nitrogens is 2. The molecule has 0 aliphatic rings. The highest BCUT2D eigenvalue weighted by Crippen LogP contribution is 2.12. The van der Waals surface area contributed by atoms with Gasteiger partial charge in [0.05, 0.1) is 5.69 Å². The van der Waals surface area contributed by atoms with Gasteiger partial charge in [-0.1, -0.05) is 18.2 Å². The number of benzene rings is 1. The van der Waals surface area contributed by atoms with E-state index in [9.17, 15) is 4.79 Å². The molecule has 0 amide bonds. The van der Waals surface area contributed by atoms with Crippen molar-refractivity contribution in [2.45, 2.75) is 13.0 Å². The lowest BCUT2D eigenvalue weighted by atomic mass is 10.3. The molecule has 2 aromatic rings. The Morgan fingerprint density at radius 2 is 2.06 bits per heavy atom. The molecule has 17 heavy (non-hydrogen) atoms. The molecule has 0 saturated carbocycles. The number of rotatable bonds is 4. The fraction of sp³-hybridized carbons (Fsp3) is 0.167. The van der Waals surface area contributed by atoms with Crippen LogP contribution in [0.2, 0.25) is 0 Å². The zero-order chi connectivity index (χ0) is 12.3. The van der Waals surface area contributed by atoms with Crippen molar-refractivity contribution in [2.75, 3.05) is 0 Å². The van der Waals surface area contributed by atoms with Gasteiger partial charge in [0.2, 0.25) is 5.88 Å². The summed E-state index contributed by atoms with van der Waals surface area (Å²) < 4.78 is 6.78. The first-order valence-corrected chi connectivity index (χ1v) is 5.17. The van der Waals surface area contributed by atoms with Crippen LogP contribution in [0.1, 0.15) is 6.92 Å². The van der Waals surface area contributed by atoms with Gasteiger partial charge in [0, 0.05) is 12.3 Å². The van der Waals surface area contributed by atoms with Gasteiger partial charge in [-0.3, -0.25) is 0 Å². The van der Waals surface area contributed by atoms with Gasteiger partial charge in [0.15, 0.2) is 6.10 Å². The summed E-state index contributed by atoms with van der Waals surface area (Å²) in [5.74, 6) is -0.719. The fourth-order valence-corrected chi connectivity index (χ4v) is 1.33. The molecule has 1 aromatic carbocycles. The van der Waals surface area contributed by atoms with Gasteiger partial charge in [-0.05, 0) is 19.1 Å². The van der Waals surface area contributed by atoms with Gasteiger partial charge >= 0.3 is 5.97 Å². The summed E-state index contributed by atoms with van der Waals surface area (Å²) in [6.07, 6.45) is 0.813. The van der Waals surface area contributed by atoms with Crippen molar-refractivity contribution < 1.29 is 14.6 Å². The van der Waals surface area contributed by atoms with Crippen molar-refractivity contribution in [1.82, 2.24) is 9.78 Å². The number of carbonyl (C=O) groups is 1.